The van der Waals surface area contributed by atoms with E-state index in [1.807, 2.05) is 6.08 Å². The molecule has 0 aliphatic carbocycles. The summed E-state index contributed by atoms with van der Waals surface area (Å²) in [5.41, 5.74) is 1.79. The molecule has 0 aromatic heterocycles. The van der Waals surface area contributed by atoms with Gasteiger partial charge in [0.25, 0.3) is 0 Å². The molecular formula is C12H22. The first kappa shape index (κ1) is 11.5. The van der Waals surface area contributed by atoms with Crippen molar-refractivity contribution in [2.45, 2.75) is 47.0 Å². The first-order valence-electron chi connectivity index (χ1n) is 4.81. The standard InChI is InChI=1S/C12H22/c1-6-11(3)9-8-10-12(4,5)7-2/h7,9H,2,6,8,10H2,1,3-5H3/b11-9+. The quantitative estimate of drug-likeness (QED) is 0.533. The van der Waals surface area contributed by atoms with Gasteiger partial charge in [0.05, 0.1) is 0 Å². The summed E-state index contributed by atoms with van der Waals surface area (Å²) >= 11 is 0. The van der Waals surface area contributed by atoms with Crippen LogP contribution < -0.4 is 0 Å². The van der Waals surface area contributed by atoms with Crippen molar-refractivity contribution < 1.29 is 0 Å². The lowest BCUT2D eigenvalue weighted by molar-refractivity contribution is 0.443. The second-order valence-corrected chi connectivity index (χ2v) is 4.14. The monoisotopic (exact) mass is 166 g/mol. The number of rotatable bonds is 5. The molecular weight excluding hydrogens is 144 g/mol. The van der Waals surface area contributed by atoms with E-state index in [0.29, 0.717) is 5.41 Å². The highest BCUT2D eigenvalue weighted by Crippen LogP contribution is 2.23. The fraction of sp³-hybridized carbons (Fsp3) is 0.667. The van der Waals surface area contributed by atoms with E-state index in [1.54, 1.807) is 0 Å². The third-order valence-electron chi connectivity index (χ3n) is 2.39. The van der Waals surface area contributed by atoms with Gasteiger partial charge < -0.3 is 0 Å². The Kier molecular flexibility index (Phi) is 4.96. The molecule has 0 aliphatic heterocycles. The zero-order valence-electron chi connectivity index (χ0n) is 8.98. The number of allylic oxidation sites excluding steroid dienone is 3. The van der Waals surface area contributed by atoms with Gasteiger partial charge in [-0.3, -0.25) is 0 Å². The van der Waals surface area contributed by atoms with Gasteiger partial charge in [-0.25, -0.2) is 0 Å². The molecule has 70 valence electrons. The maximum absolute atomic E-state index is 3.83. The van der Waals surface area contributed by atoms with Crippen molar-refractivity contribution in [1.82, 2.24) is 0 Å². The zero-order chi connectivity index (χ0) is 9.61. The summed E-state index contributed by atoms with van der Waals surface area (Å²) in [6.45, 7) is 12.7. The predicted molar refractivity (Wildman–Crippen MR) is 57.3 cm³/mol. The highest BCUT2D eigenvalue weighted by molar-refractivity contribution is 4.98. The summed E-state index contributed by atoms with van der Waals surface area (Å²) < 4.78 is 0. The minimum absolute atomic E-state index is 0.296. The van der Waals surface area contributed by atoms with Gasteiger partial charge in [-0.2, -0.15) is 0 Å². The van der Waals surface area contributed by atoms with Crippen LogP contribution in [0.5, 0.6) is 0 Å². The minimum Gasteiger partial charge on any atom is -0.103 e. The molecule has 0 spiro atoms. The first-order valence-corrected chi connectivity index (χ1v) is 4.81. The molecule has 0 heterocycles. The topological polar surface area (TPSA) is 0 Å². The van der Waals surface area contributed by atoms with Gasteiger partial charge in [0.2, 0.25) is 0 Å². The maximum Gasteiger partial charge on any atom is -0.0175 e. The SMILES string of the molecule is C=CC(C)(C)CC/C=C(\C)CC. The molecule has 0 rings (SSSR count). The van der Waals surface area contributed by atoms with Gasteiger partial charge in [0.1, 0.15) is 0 Å². The predicted octanol–water partition coefficient (Wildman–Crippen LogP) is 4.34. The lowest BCUT2D eigenvalue weighted by atomic mass is 9.88. The molecule has 0 bridgehead atoms. The Balaban J connectivity index is 3.77. The van der Waals surface area contributed by atoms with Crippen molar-refractivity contribution in [1.29, 1.82) is 0 Å². The smallest absolute Gasteiger partial charge is 0.0175 e. The lowest BCUT2D eigenvalue weighted by Gasteiger charge is -2.18. The summed E-state index contributed by atoms with van der Waals surface area (Å²) in [4.78, 5) is 0. The summed E-state index contributed by atoms with van der Waals surface area (Å²) in [6, 6.07) is 0. The lowest BCUT2D eigenvalue weighted by Crippen LogP contribution is -2.05. The Labute approximate surface area is 77.4 Å². The van der Waals surface area contributed by atoms with E-state index in [-0.39, 0.29) is 0 Å². The molecule has 0 heteroatoms. The Hall–Kier alpha value is -0.520. The molecule has 0 unspecified atom stereocenters. The van der Waals surface area contributed by atoms with Crippen LogP contribution in [-0.2, 0) is 0 Å². The van der Waals surface area contributed by atoms with Crippen molar-refractivity contribution in [3.63, 3.8) is 0 Å². The third kappa shape index (κ3) is 5.17. The van der Waals surface area contributed by atoms with Crippen LogP contribution in [0.2, 0.25) is 0 Å². The van der Waals surface area contributed by atoms with Gasteiger partial charge in [-0.05, 0) is 31.6 Å². The molecule has 0 N–H and O–H groups in total. The van der Waals surface area contributed by atoms with Gasteiger partial charge >= 0.3 is 0 Å². The molecule has 0 atom stereocenters. The van der Waals surface area contributed by atoms with E-state index in [0.717, 1.165) is 0 Å². The number of hydrogen-bond donors (Lipinski definition) is 0. The first-order chi connectivity index (χ1) is 5.52. The average Bonchev–Trinajstić information content (AvgIpc) is 2.04. The second kappa shape index (κ2) is 5.18. The highest BCUT2D eigenvalue weighted by atomic mass is 14.2. The molecule has 0 fully saturated rings. The number of hydrogen-bond acceptors (Lipinski definition) is 0. The summed E-state index contributed by atoms with van der Waals surface area (Å²) in [5.74, 6) is 0. The molecule has 0 saturated carbocycles. The normalized spacial score (nSPS) is 13.2. The van der Waals surface area contributed by atoms with E-state index in [9.17, 15) is 0 Å². The average molecular weight is 166 g/mol. The van der Waals surface area contributed by atoms with Crippen molar-refractivity contribution in [2.24, 2.45) is 5.41 Å². The van der Waals surface area contributed by atoms with Crippen molar-refractivity contribution in [2.75, 3.05) is 0 Å². The minimum atomic E-state index is 0.296. The largest absolute Gasteiger partial charge is 0.103 e. The van der Waals surface area contributed by atoms with E-state index < -0.39 is 0 Å². The molecule has 0 nitrogen and oxygen atoms in total. The second-order valence-electron chi connectivity index (χ2n) is 4.14. The molecule has 0 radical (unpaired) electrons. The van der Waals surface area contributed by atoms with Gasteiger partial charge in [0.15, 0.2) is 0 Å². The molecule has 0 amide bonds. The van der Waals surface area contributed by atoms with Crippen LogP contribution in [0.15, 0.2) is 24.3 Å². The van der Waals surface area contributed by atoms with Crippen LogP contribution in [0.4, 0.5) is 0 Å². The molecule has 0 saturated heterocycles. The van der Waals surface area contributed by atoms with Crippen molar-refractivity contribution >= 4 is 0 Å². The summed E-state index contributed by atoms with van der Waals surface area (Å²) in [5, 5.41) is 0. The van der Waals surface area contributed by atoms with E-state index in [4.69, 9.17) is 0 Å². The molecule has 0 aromatic rings. The molecule has 0 aliphatic rings. The van der Waals surface area contributed by atoms with Crippen LogP contribution in [0, 0.1) is 5.41 Å². The fourth-order valence-corrected chi connectivity index (χ4v) is 0.937. The Morgan fingerprint density at radius 2 is 2.00 bits per heavy atom. The van der Waals surface area contributed by atoms with E-state index in [1.165, 1.54) is 24.8 Å². The van der Waals surface area contributed by atoms with E-state index in [2.05, 4.69) is 40.3 Å². The summed E-state index contributed by atoms with van der Waals surface area (Å²) in [7, 11) is 0. The van der Waals surface area contributed by atoms with Gasteiger partial charge in [0, 0.05) is 0 Å². The molecule has 12 heavy (non-hydrogen) atoms. The van der Waals surface area contributed by atoms with Crippen LogP contribution in [0.1, 0.15) is 47.0 Å². The van der Waals surface area contributed by atoms with Crippen LogP contribution in [-0.4, -0.2) is 0 Å². The maximum atomic E-state index is 3.83. The van der Waals surface area contributed by atoms with Gasteiger partial charge in [-0.15, -0.1) is 6.58 Å². The highest BCUT2D eigenvalue weighted by Gasteiger charge is 2.10. The van der Waals surface area contributed by atoms with Crippen molar-refractivity contribution in [3.8, 4) is 0 Å². The van der Waals surface area contributed by atoms with Crippen LogP contribution in [0.3, 0.4) is 0 Å². The van der Waals surface area contributed by atoms with Crippen molar-refractivity contribution in [3.05, 3.63) is 24.3 Å². The zero-order valence-corrected chi connectivity index (χ0v) is 8.98. The van der Waals surface area contributed by atoms with Crippen LogP contribution >= 0.6 is 0 Å². The van der Waals surface area contributed by atoms with Gasteiger partial charge in [-0.1, -0.05) is 38.5 Å². The van der Waals surface area contributed by atoms with Crippen LogP contribution in [0.25, 0.3) is 0 Å². The molecule has 0 aromatic carbocycles. The Morgan fingerprint density at radius 1 is 1.42 bits per heavy atom. The Morgan fingerprint density at radius 3 is 2.42 bits per heavy atom. The Bertz CT molecular complexity index is 161. The summed E-state index contributed by atoms with van der Waals surface area (Å²) in [6.07, 6.45) is 7.94. The fourth-order valence-electron chi connectivity index (χ4n) is 0.937. The van der Waals surface area contributed by atoms with E-state index >= 15 is 0 Å². The third-order valence-corrected chi connectivity index (χ3v) is 2.39.